The molecule has 18 heavy (non-hydrogen) atoms. The first kappa shape index (κ1) is 16.1. The van der Waals surface area contributed by atoms with E-state index < -0.39 is 23.7 Å². The van der Waals surface area contributed by atoms with Gasteiger partial charge in [0.1, 0.15) is 11.6 Å². The lowest BCUT2D eigenvalue weighted by atomic mass is 10.2. The average molecular weight is 257 g/mol. The molecule has 0 saturated carbocycles. The monoisotopic (exact) mass is 257 g/mol. The van der Waals surface area contributed by atoms with E-state index >= 15 is 0 Å². The molecule has 0 bridgehead atoms. The smallest absolute Gasteiger partial charge is 0.408 e. The van der Waals surface area contributed by atoms with Crippen molar-refractivity contribution in [2.45, 2.75) is 45.8 Å². The second-order valence-corrected chi connectivity index (χ2v) is 4.79. The van der Waals surface area contributed by atoms with E-state index in [-0.39, 0.29) is 12.2 Å². The van der Waals surface area contributed by atoms with Crippen LogP contribution in [-0.2, 0) is 14.3 Å². The van der Waals surface area contributed by atoms with Crippen LogP contribution in [0.25, 0.3) is 0 Å². The molecule has 0 rings (SSSR count). The highest BCUT2D eigenvalue weighted by molar-refractivity contribution is 5.87. The van der Waals surface area contributed by atoms with Gasteiger partial charge in [-0.15, -0.1) is 0 Å². The van der Waals surface area contributed by atoms with Gasteiger partial charge in [0.2, 0.25) is 0 Å². The summed E-state index contributed by atoms with van der Waals surface area (Å²) in [6, 6.07) is -1.12. The lowest BCUT2D eigenvalue weighted by Crippen LogP contribution is -2.43. The van der Waals surface area contributed by atoms with E-state index in [0.717, 1.165) is 0 Å². The van der Waals surface area contributed by atoms with E-state index in [1.54, 1.807) is 20.8 Å². The number of allylic oxidation sites excluding steroid dienone is 1. The number of nitrogens with one attached hydrogen (secondary N) is 1. The van der Waals surface area contributed by atoms with Crippen molar-refractivity contribution in [3.05, 3.63) is 12.2 Å². The van der Waals surface area contributed by atoms with Crippen LogP contribution in [0.5, 0.6) is 0 Å². The Hall–Kier alpha value is -1.85. The van der Waals surface area contributed by atoms with Gasteiger partial charge in [0.15, 0.2) is 5.78 Å². The van der Waals surface area contributed by atoms with E-state index in [0.29, 0.717) is 0 Å². The van der Waals surface area contributed by atoms with Crippen LogP contribution < -0.4 is 5.32 Å². The van der Waals surface area contributed by atoms with E-state index in [9.17, 15) is 14.4 Å². The number of amides is 1. The van der Waals surface area contributed by atoms with Crippen LogP contribution in [0.3, 0.4) is 0 Å². The molecular formula is C12H19NO5. The standard InChI is InChI=1S/C12H19NO5/c1-8(14)6-5-7-9(10(15)16)13-11(17)18-12(2,3)4/h5-6,9H,7H2,1-4H3,(H,13,17)(H,15,16). The summed E-state index contributed by atoms with van der Waals surface area (Å²) in [6.07, 6.45) is 1.88. The molecule has 0 aromatic carbocycles. The summed E-state index contributed by atoms with van der Waals surface area (Å²) in [6.45, 7) is 6.39. The molecule has 0 radical (unpaired) electrons. The van der Waals surface area contributed by atoms with Crippen LogP contribution >= 0.6 is 0 Å². The Balaban J connectivity index is 4.41. The van der Waals surface area contributed by atoms with Crippen molar-refractivity contribution < 1.29 is 24.2 Å². The molecule has 1 unspecified atom stereocenters. The van der Waals surface area contributed by atoms with Crippen molar-refractivity contribution >= 4 is 17.8 Å². The van der Waals surface area contributed by atoms with Gasteiger partial charge >= 0.3 is 12.1 Å². The summed E-state index contributed by atoms with van der Waals surface area (Å²) in [5.74, 6) is -1.37. The molecule has 1 amide bonds. The normalized spacial score (nSPS) is 13.1. The predicted octanol–water partition coefficient (Wildman–Crippen LogP) is 1.50. The number of carboxylic acids is 1. The summed E-state index contributed by atoms with van der Waals surface area (Å²) in [5.41, 5.74) is -0.692. The van der Waals surface area contributed by atoms with Gasteiger partial charge in [-0.25, -0.2) is 9.59 Å². The number of hydrogen-bond donors (Lipinski definition) is 2. The number of hydrogen-bond acceptors (Lipinski definition) is 4. The Morgan fingerprint density at radius 1 is 1.33 bits per heavy atom. The molecule has 0 aliphatic carbocycles. The molecule has 0 aromatic rings. The summed E-state index contributed by atoms with van der Waals surface area (Å²) in [7, 11) is 0. The topological polar surface area (TPSA) is 92.7 Å². The third-order valence-corrected chi connectivity index (χ3v) is 1.71. The van der Waals surface area contributed by atoms with Gasteiger partial charge in [-0.1, -0.05) is 6.08 Å². The Morgan fingerprint density at radius 3 is 2.28 bits per heavy atom. The molecular weight excluding hydrogens is 238 g/mol. The number of ketones is 1. The fourth-order valence-corrected chi connectivity index (χ4v) is 1.04. The molecule has 1 atom stereocenters. The summed E-state index contributed by atoms with van der Waals surface area (Å²) >= 11 is 0. The molecule has 0 heterocycles. The number of ether oxygens (including phenoxy) is 1. The number of aliphatic carboxylic acids is 1. The highest BCUT2D eigenvalue weighted by Gasteiger charge is 2.22. The van der Waals surface area contributed by atoms with Crippen molar-refractivity contribution in [3.63, 3.8) is 0 Å². The minimum absolute atomic E-state index is 0.0220. The van der Waals surface area contributed by atoms with E-state index in [2.05, 4.69) is 5.32 Å². The fourth-order valence-electron chi connectivity index (χ4n) is 1.04. The largest absolute Gasteiger partial charge is 0.480 e. The van der Waals surface area contributed by atoms with Gasteiger partial charge in [-0.05, 0) is 40.2 Å². The number of carboxylic acid groups (broad SMARTS) is 1. The van der Waals surface area contributed by atoms with Crippen molar-refractivity contribution in [2.75, 3.05) is 0 Å². The summed E-state index contributed by atoms with van der Waals surface area (Å²) in [5, 5.41) is 11.1. The molecule has 102 valence electrons. The molecule has 0 spiro atoms. The molecule has 6 nitrogen and oxygen atoms in total. The molecule has 0 aromatic heterocycles. The average Bonchev–Trinajstić information content (AvgIpc) is 2.12. The number of carbonyl (C=O) groups excluding carboxylic acids is 2. The first-order valence-electron chi connectivity index (χ1n) is 5.51. The number of carbonyl (C=O) groups is 3. The highest BCUT2D eigenvalue weighted by atomic mass is 16.6. The minimum atomic E-state index is -1.19. The van der Waals surface area contributed by atoms with E-state index in [1.165, 1.54) is 19.1 Å². The maximum Gasteiger partial charge on any atom is 0.408 e. The first-order chi connectivity index (χ1) is 8.11. The first-order valence-corrected chi connectivity index (χ1v) is 5.51. The maximum atomic E-state index is 11.4. The zero-order valence-corrected chi connectivity index (χ0v) is 11.0. The van der Waals surface area contributed by atoms with Crippen LogP contribution in [0, 0.1) is 0 Å². The zero-order chi connectivity index (χ0) is 14.3. The Kier molecular flexibility index (Phi) is 6.08. The summed E-state index contributed by atoms with van der Waals surface area (Å²) in [4.78, 5) is 32.9. The SMILES string of the molecule is CC(=O)C=CCC(NC(=O)OC(C)(C)C)C(=O)O. The van der Waals surface area contributed by atoms with Crippen LogP contribution in [0.2, 0.25) is 0 Å². The van der Waals surface area contributed by atoms with Gasteiger partial charge < -0.3 is 15.2 Å². The van der Waals surface area contributed by atoms with Crippen LogP contribution in [-0.4, -0.2) is 34.6 Å². The fraction of sp³-hybridized carbons (Fsp3) is 0.583. The quantitative estimate of drug-likeness (QED) is 0.728. The Morgan fingerprint density at radius 2 is 1.89 bits per heavy atom. The van der Waals surface area contributed by atoms with Gasteiger partial charge in [0.25, 0.3) is 0 Å². The molecule has 0 aliphatic heterocycles. The number of rotatable bonds is 5. The van der Waals surface area contributed by atoms with Crippen molar-refractivity contribution in [2.24, 2.45) is 0 Å². The minimum Gasteiger partial charge on any atom is -0.480 e. The van der Waals surface area contributed by atoms with Crippen LogP contribution in [0.4, 0.5) is 4.79 Å². The third kappa shape index (κ3) is 8.32. The maximum absolute atomic E-state index is 11.4. The molecule has 6 heteroatoms. The second kappa shape index (κ2) is 6.78. The van der Waals surface area contributed by atoms with E-state index in [1.807, 2.05) is 0 Å². The molecule has 2 N–H and O–H groups in total. The predicted molar refractivity (Wildman–Crippen MR) is 65.2 cm³/mol. The van der Waals surface area contributed by atoms with Crippen LogP contribution in [0.1, 0.15) is 34.1 Å². The Bertz CT molecular complexity index is 354. The third-order valence-electron chi connectivity index (χ3n) is 1.71. The Labute approximate surface area is 106 Å². The van der Waals surface area contributed by atoms with Crippen molar-refractivity contribution in [1.82, 2.24) is 5.32 Å². The molecule has 0 saturated heterocycles. The zero-order valence-electron chi connectivity index (χ0n) is 11.0. The lowest BCUT2D eigenvalue weighted by molar-refractivity contribution is -0.139. The highest BCUT2D eigenvalue weighted by Crippen LogP contribution is 2.07. The van der Waals surface area contributed by atoms with Gasteiger partial charge in [0.05, 0.1) is 0 Å². The molecule has 0 fully saturated rings. The number of alkyl carbamates (subject to hydrolysis) is 1. The van der Waals surface area contributed by atoms with Crippen LogP contribution in [0.15, 0.2) is 12.2 Å². The van der Waals surface area contributed by atoms with Gasteiger partial charge in [-0.2, -0.15) is 0 Å². The summed E-state index contributed by atoms with van der Waals surface area (Å²) < 4.78 is 4.94. The second-order valence-electron chi connectivity index (χ2n) is 4.79. The van der Waals surface area contributed by atoms with Gasteiger partial charge in [0, 0.05) is 0 Å². The lowest BCUT2D eigenvalue weighted by Gasteiger charge is -2.21. The molecule has 0 aliphatic rings. The van der Waals surface area contributed by atoms with Gasteiger partial charge in [-0.3, -0.25) is 4.79 Å². The van der Waals surface area contributed by atoms with Crippen molar-refractivity contribution in [1.29, 1.82) is 0 Å². The van der Waals surface area contributed by atoms with Crippen molar-refractivity contribution in [3.8, 4) is 0 Å². The van der Waals surface area contributed by atoms with E-state index in [4.69, 9.17) is 9.84 Å².